The van der Waals surface area contributed by atoms with E-state index >= 15 is 0 Å². The lowest BCUT2D eigenvalue weighted by Crippen LogP contribution is -2.32. The number of hydrogen-bond acceptors (Lipinski definition) is 6. The lowest BCUT2D eigenvalue weighted by Gasteiger charge is -2.37. The highest BCUT2D eigenvalue weighted by Crippen LogP contribution is 2.50. The first-order valence-corrected chi connectivity index (χ1v) is 16.1. The van der Waals surface area contributed by atoms with Crippen molar-refractivity contribution in [3.8, 4) is 23.0 Å². The molecule has 5 rings (SSSR count). The molecule has 0 aromatic heterocycles. The zero-order valence-electron chi connectivity index (χ0n) is 28.1. The maximum absolute atomic E-state index is 14.9. The van der Waals surface area contributed by atoms with E-state index < -0.39 is 11.8 Å². The summed E-state index contributed by atoms with van der Waals surface area (Å²) < 4.78 is 11.3. The van der Waals surface area contributed by atoms with Crippen LogP contribution < -0.4 is 9.47 Å². The van der Waals surface area contributed by atoms with Crippen LogP contribution in [-0.2, 0) is 6.42 Å². The Labute approximate surface area is 282 Å². The molecule has 0 heterocycles. The number of hydrogen-bond donors (Lipinski definition) is 2. The van der Waals surface area contributed by atoms with E-state index in [0.29, 0.717) is 29.9 Å². The standard InChI is InChI=1S/C42H42O6/c1-26(2)16-18-30-22-35(38(45)24-39(30)47-4)42(46)41-31(29-14-10-7-11-15-29)20-27(3)21-33(41)32-23-34(37(44)25-40(32)48-5)36(43)19-17-28-12-8-6-9-13-28/h6-17,19,21-25,31,33,41,44-45H,18,20H2,1-5H3/b19-17+. The molecule has 48 heavy (non-hydrogen) atoms. The minimum absolute atomic E-state index is 0.105. The van der Waals surface area contributed by atoms with Gasteiger partial charge < -0.3 is 19.7 Å². The Balaban J connectivity index is 1.67. The molecule has 3 unspecified atom stereocenters. The van der Waals surface area contributed by atoms with Gasteiger partial charge in [-0.2, -0.15) is 0 Å². The number of rotatable bonds is 11. The molecule has 4 aromatic carbocycles. The number of ketones is 2. The van der Waals surface area contributed by atoms with Gasteiger partial charge in [0.15, 0.2) is 11.6 Å². The summed E-state index contributed by atoms with van der Waals surface area (Å²) >= 11 is 0. The third-order valence-corrected chi connectivity index (χ3v) is 8.95. The number of carbonyl (C=O) groups excluding carboxylic acids is 2. The second-order valence-corrected chi connectivity index (χ2v) is 12.5. The van der Waals surface area contributed by atoms with E-state index in [0.717, 1.165) is 27.8 Å². The third-order valence-electron chi connectivity index (χ3n) is 8.95. The van der Waals surface area contributed by atoms with Gasteiger partial charge >= 0.3 is 0 Å². The molecule has 4 aromatic rings. The highest BCUT2D eigenvalue weighted by molar-refractivity contribution is 6.09. The smallest absolute Gasteiger partial charge is 0.189 e. The van der Waals surface area contributed by atoms with Gasteiger partial charge in [0.1, 0.15) is 23.0 Å². The quantitative estimate of drug-likeness (QED) is 0.0963. The largest absolute Gasteiger partial charge is 0.507 e. The van der Waals surface area contributed by atoms with Gasteiger partial charge in [0.25, 0.3) is 0 Å². The number of aromatic hydroxyl groups is 2. The van der Waals surface area contributed by atoms with Crippen molar-refractivity contribution < 1.29 is 29.3 Å². The average Bonchev–Trinajstić information content (AvgIpc) is 3.09. The first-order valence-electron chi connectivity index (χ1n) is 16.1. The molecule has 1 aliphatic carbocycles. The summed E-state index contributed by atoms with van der Waals surface area (Å²) in [6, 6.07) is 25.7. The number of methoxy groups -OCH3 is 2. The molecular formula is C42H42O6. The first-order chi connectivity index (χ1) is 23.1. The zero-order valence-corrected chi connectivity index (χ0v) is 28.1. The normalized spacial score (nSPS) is 17.4. The average molecular weight is 643 g/mol. The fourth-order valence-corrected chi connectivity index (χ4v) is 6.56. The summed E-state index contributed by atoms with van der Waals surface area (Å²) in [6.07, 6.45) is 8.40. The molecule has 246 valence electrons. The number of carbonyl (C=O) groups is 2. The Hall–Kier alpha value is -5.36. The van der Waals surface area contributed by atoms with Crippen LogP contribution in [0.3, 0.4) is 0 Å². The predicted octanol–water partition coefficient (Wildman–Crippen LogP) is 9.24. The van der Waals surface area contributed by atoms with Gasteiger partial charge in [0, 0.05) is 29.5 Å². The Morgan fingerprint density at radius 2 is 1.46 bits per heavy atom. The van der Waals surface area contributed by atoms with Gasteiger partial charge in [-0.15, -0.1) is 0 Å². The van der Waals surface area contributed by atoms with E-state index in [-0.39, 0.29) is 40.1 Å². The molecule has 0 aliphatic heterocycles. The summed E-state index contributed by atoms with van der Waals surface area (Å²) in [4.78, 5) is 28.4. The van der Waals surface area contributed by atoms with Crippen LogP contribution >= 0.6 is 0 Å². The van der Waals surface area contributed by atoms with Gasteiger partial charge in [-0.1, -0.05) is 90.0 Å². The topological polar surface area (TPSA) is 93.1 Å². The van der Waals surface area contributed by atoms with Crippen molar-refractivity contribution in [2.75, 3.05) is 14.2 Å². The number of phenolic OH excluding ortho intramolecular Hbond substituents is 2. The first kappa shape index (κ1) is 34.0. The molecule has 0 saturated carbocycles. The molecule has 0 spiro atoms. The van der Waals surface area contributed by atoms with E-state index in [2.05, 4.69) is 12.2 Å². The number of Topliss-reactive ketones (excluding diaryl/α,β-unsaturated/α-hetero) is 1. The summed E-state index contributed by atoms with van der Waals surface area (Å²) in [6.45, 7) is 6.05. The molecule has 6 nitrogen and oxygen atoms in total. The van der Waals surface area contributed by atoms with E-state index in [4.69, 9.17) is 9.47 Å². The number of benzene rings is 4. The summed E-state index contributed by atoms with van der Waals surface area (Å²) in [5, 5.41) is 22.2. The van der Waals surface area contributed by atoms with Gasteiger partial charge in [-0.3, -0.25) is 9.59 Å². The highest BCUT2D eigenvalue weighted by Gasteiger charge is 2.42. The Bertz CT molecular complexity index is 1880. The molecule has 0 amide bonds. The second kappa shape index (κ2) is 15.0. The number of ether oxygens (including phenoxy) is 2. The van der Waals surface area contributed by atoms with Crippen LogP contribution in [0.25, 0.3) is 6.08 Å². The fourth-order valence-electron chi connectivity index (χ4n) is 6.56. The fraction of sp³-hybridized carbons (Fsp3) is 0.238. The van der Waals surface area contributed by atoms with Crippen LogP contribution in [0.1, 0.15) is 82.0 Å². The molecule has 3 atom stereocenters. The SMILES string of the molecule is COc1cc(O)c(C(=O)C2C(c3cc(C(=O)/C=C/c4ccccc4)c(O)cc3OC)C=C(C)CC2c2ccccc2)cc1CC=C(C)C. The maximum atomic E-state index is 14.9. The van der Waals surface area contributed by atoms with Crippen molar-refractivity contribution in [1.29, 1.82) is 0 Å². The van der Waals surface area contributed by atoms with Gasteiger partial charge in [0.2, 0.25) is 0 Å². The van der Waals surface area contributed by atoms with Crippen LogP contribution in [0, 0.1) is 5.92 Å². The van der Waals surface area contributed by atoms with Crippen molar-refractivity contribution >= 4 is 17.6 Å². The zero-order chi connectivity index (χ0) is 34.4. The van der Waals surface area contributed by atoms with Gasteiger partial charge in [0.05, 0.1) is 25.3 Å². The van der Waals surface area contributed by atoms with Crippen molar-refractivity contribution in [2.24, 2.45) is 5.92 Å². The van der Waals surface area contributed by atoms with E-state index in [1.807, 2.05) is 81.4 Å². The van der Waals surface area contributed by atoms with Crippen LogP contribution in [0.4, 0.5) is 0 Å². The maximum Gasteiger partial charge on any atom is 0.189 e. The van der Waals surface area contributed by atoms with Crippen molar-refractivity contribution in [3.63, 3.8) is 0 Å². The molecule has 6 heteroatoms. The van der Waals surface area contributed by atoms with Crippen LogP contribution in [0.5, 0.6) is 23.0 Å². The number of allylic oxidation sites excluding steroid dienone is 5. The molecule has 2 N–H and O–H groups in total. The molecule has 1 aliphatic rings. The summed E-state index contributed by atoms with van der Waals surface area (Å²) in [7, 11) is 3.05. The second-order valence-electron chi connectivity index (χ2n) is 12.5. The summed E-state index contributed by atoms with van der Waals surface area (Å²) in [5.74, 6) is -1.58. The van der Waals surface area contributed by atoms with Crippen LogP contribution in [0.2, 0.25) is 0 Å². The summed E-state index contributed by atoms with van der Waals surface area (Å²) in [5.41, 5.74) is 5.74. The van der Waals surface area contributed by atoms with E-state index in [1.165, 1.54) is 25.3 Å². The molecule has 0 bridgehead atoms. The Kier molecular flexibility index (Phi) is 10.6. The third kappa shape index (κ3) is 7.44. The van der Waals surface area contributed by atoms with Gasteiger partial charge in [-0.25, -0.2) is 0 Å². The lowest BCUT2D eigenvalue weighted by molar-refractivity contribution is 0.0877. The van der Waals surface area contributed by atoms with Crippen LogP contribution in [-0.4, -0.2) is 36.0 Å². The minimum atomic E-state index is -0.673. The molecule has 0 saturated heterocycles. The molecule has 0 radical (unpaired) electrons. The van der Waals surface area contributed by atoms with E-state index in [9.17, 15) is 19.8 Å². The van der Waals surface area contributed by atoms with E-state index in [1.54, 1.807) is 25.3 Å². The number of phenols is 2. The van der Waals surface area contributed by atoms with Crippen molar-refractivity contribution in [1.82, 2.24) is 0 Å². The minimum Gasteiger partial charge on any atom is -0.507 e. The Morgan fingerprint density at radius 1 is 0.833 bits per heavy atom. The van der Waals surface area contributed by atoms with Gasteiger partial charge in [-0.05, 0) is 74.4 Å². The Morgan fingerprint density at radius 3 is 2.10 bits per heavy atom. The van der Waals surface area contributed by atoms with Crippen molar-refractivity contribution in [3.05, 3.63) is 148 Å². The molecular weight excluding hydrogens is 600 g/mol. The monoisotopic (exact) mass is 642 g/mol. The highest BCUT2D eigenvalue weighted by atomic mass is 16.5. The lowest BCUT2D eigenvalue weighted by atomic mass is 9.65. The van der Waals surface area contributed by atoms with Crippen molar-refractivity contribution in [2.45, 2.75) is 45.4 Å². The predicted molar refractivity (Wildman–Crippen MR) is 190 cm³/mol. The molecule has 0 fully saturated rings. The van der Waals surface area contributed by atoms with Crippen LogP contribution in [0.15, 0.2) is 114 Å².